The van der Waals surface area contributed by atoms with Crippen molar-refractivity contribution in [2.24, 2.45) is 0 Å². The van der Waals surface area contributed by atoms with Gasteiger partial charge in [-0.2, -0.15) is 0 Å². The molecule has 0 bridgehead atoms. The van der Waals surface area contributed by atoms with Crippen LogP contribution in [0.1, 0.15) is 18.4 Å². The third kappa shape index (κ3) is 4.47. The summed E-state index contributed by atoms with van der Waals surface area (Å²) in [7, 11) is 0. The van der Waals surface area contributed by atoms with Crippen LogP contribution in [0.15, 0.2) is 30.3 Å². The zero-order chi connectivity index (χ0) is 18.5. The van der Waals surface area contributed by atoms with Gasteiger partial charge in [-0.05, 0) is 12.0 Å². The second-order valence-electron chi connectivity index (χ2n) is 6.02. The Hall–Kier alpha value is -2.26. The summed E-state index contributed by atoms with van der Waals surface area (Å²) in [6.45, 7) is 0.371. The smallest absolute Gasteiger partial charge is 0.408 e. The largest absolute Gasteiger partial charge is 0.480 e. The van der Waals surface area contributed by atoms with Crippen LogP contribution >= 0.6 is 11.8 Å². The van der Waals surface area contributed by atoms with Gasteiger partial charge < -0.3 is 24.8 Å². The summed E-state index contributed by atoms with van der Waals surface area (Å²) in [5, 5.41) is 11.3. The summed E-state index contributed by atoms with van der Waals surface area (Å²) < 4.78 is 10.5. The van der Waals surface area contributed by atoms with Gasteiger partial charge in [0.25, 0.3) is 0 Å². The Morgan fingerprint density at radius 3 is 2.81 bits per heavy atom. The van der Waals surface area contributed by atoms with E-state index in [1.165, 1.54) is 16.7 Å². The van der Waals surface area contributed by atoms with E-state index in [2.05, 4.69) is 5.32 Å². The minimum atomic E-state index is -1.09. The highest BCUT2D eigenvalue weighted by Gasteiger charge is 2.42. The molecule has 2 N–H and O–H groups in total. The fourth-order valence-corrected chi connectivity index (χ4v) is 4.28. The molecule has 2 fully saturated rings. The predicted molar refractivity (Wildman–Crippen MR) is 93.3 cm³/mol. The second kappa shape index (κ2) is 8.41. The summed E-state index contributed by atoms with van der Waals surface area (Å²) in [6, 6.07) is 8.33. The summed E-state index contributed by atoms with van der Waals surface area (Å²) in [6.07, 6.45) is -0.000958. The Bertz CT molecular complexity index is 670. The van der Waals surface area contributed by atoms with Gasteiger partial charge in [0.1, 0.15) is 12.0 Å². The second-order valence-corrected chi connectivity index (χ2v) is 7.40. The average Bonchev–Trinajstić information content (AvgIpc) is 2.80. The number of carbonyl (C=O) groups excluding carboxylic acids is 2. The molecule has 140 valence electrons. The van der Waals surface area contributed by atoms with E-state index in [1.54, 1.807) is 0 Å². The fraction of sp³-hybridized carbons (Fsp3) is 0.471. The maximum Gasteiger partial charge on any atom is 0.408 e. The first-order chi connectivity index (χ1) is 12.5. The molecule has 2 heterocycles. The van der Waals surface area contributed by atoms with Crippen LogP contribution in [0.5, 0.6) is 0 Å². The molecule has 0 radical (unpaired) electrons. The fourth-order valence-electron chi connectivity index (χ4n) is 2.92. The van der Waals surface area contributed by atoms with E-state index in [1.807, 2.05) is 30.3 Å². The lowest BCUT2D eigenvalue weighted by Gasteiger charge is -2.38. The molecule has 9 heteroatoms. The number of nitrogens with zero attached hydrogens (tertiary/aromatic N) is 1. The molecule has 0 spiro atoms. The summed E-state index contributed by atoms with van der Waals surface area (Å²) in [4.78, 5) is 37.1. The van der Waals surface area contributed by atoms with Crippen molar-refractivity contribution in [2.45, 2.75) is 36.2 Å². The molecule has 0 saturated carbocycles. The number of benzene rings is 1. The average molecular weight is 380 g/mol. The van der Waals surface area contributed by atoms with E-state index >= 15 is 0 Å². The lowest BCUT2D eigenvalue weighted by atomic mass is 10.2. The lowest BCUT2D eigenvalue weighted by molar-refractivity contribution is -0.159. The highest BCUT2D eigenvalue weighted by atomic mass is 32.2. The van der Waals surface area contributed by atoms with Crippen LogP contribution in [0.3, 0.4) is 0 Å². The molecule has 8 nitrogen and oxygen atoms in total. The van der Waals surface area contributed by atoms with E-state index in [0.717, 1.165) is 5.56 Å². The van der Waals surface area contributed by atoms with E-state index in [9.17, 15) is 19.5 Å². The minimum absolute atomic E-state index is 0.0185. The number of amides is 2. The number of carboxylic acids is 1. The molecular formula is C17H20N2O6S. The highest BCUT2D eigenvalue weighted by molar-refractivity contribution is 8.00. The van der Waals surface area contributed by atoms with Crippen molar-refractivity contribution in [3.63, 3.8) is 0 Å². The maximum atomic E-state index is 12.4. The number of carbonyl (C=O) groups is 3. The Morgan fingerprint density at radius 2 is 2.08 bits per heavy atom. The number of aliphatic carboxylic acids is 1. The van der Waals surface area contributed by atoms with Crippen molar-refractivity contribution < 1.29 is 29.0 Å². The van der Waals surface area contributed by atoms with Crippen LogP contribution in [0.25, 0.3) is 0 Å². The topological polar surface area (TPSA) is 105 Å². The molecule has 1 aromatic carbocycles. The third-order valence-electron chi connectivity index (χ3n) is 4.19. The van der Waals surface area contributed by atoms with Gasteiger partial charge >= 0.3 is 12.1 Å². The van der Waals surface area contributed by atoms with Crippen molar-refractivity contribution in [1.29, 1.82) is 0 Å². The number of carboxylic acid groups (broad SMARTS) is 1. The van der Waals surface area contributed by atoms with Gasteiger partial charge in [0.2, 0.25) is 5.91 Å². The number of morpholine rings is 1. The molecular weight excluding hydrogens is 360 g/mol. The Morgan fingerprint density at radius 1 is 1.31 bits per heavy atom. The zero-order valence-electron chi connectivity index (χ0n) is 14.0. The minimum Gasteiger partial charge on any atom is -0.480 e. The number of nitrogens with one attached hydrogen (secondary N) is 1. The molecule has 2 aliphatic rings. The van der Waals surface area contributed by atoms with Crippen LogP contribution in [-0.2, 0) is 25.7 Å². The molecule has 2 amide bonds. The Kier molecular flexibility index (Phi) is 6.00. The normalized spacial score (nSPS) is 25.8. The molecule has 2 aliphatic heterocycles. The van der Waals surface area contributed by atoms with Crippen LogP contribution in [-0.4, -0.2) is 58.0 Å². The number of ether oxygens (including phenoxy) is 2. The molecule has 0 aromatic heterocycles. The molecule has 1 aromatic rings. The first-order valence-electron chi connectivity index (χ1n) is 8.29. The molecule has 3 unspecified atom stereocenters. The number of hydrogen-bond acceptors (Lipinski definition) is 6. The van der Waals surface area contributed by atoms with Crippen molar-refractivity contribution in [3.8, 4) is 0 Å². The molecule has 26 heavy (non-hydrogen) atoms. The Labute approximate surface area is 154 Å². The Balaban J connectivity index is 1.57. The van der Waals surface area contributed by atoms with Gasteiger partial charge in [0.05, 0.1) is 18.6 Å². The first kappa shape index (κ1) is 18.5. The number of rotatable bonds is 4. The summed E-state index contributed by atoms with van der Waals surface area (Å²) >= 11 is 1.32. The van der Waals surface area contributed by atoms with Crippen LogP contribution < -0.4 is 5.32 Å². The number of hydrogen-bond donors (Lipinski definition) is 2. The standard InChI is InChI=1S/C17H20N2O6S/c20-14-7-6-13(18-17(23)25-8-11-4-2-1-3-5-11)26-15-10-24-9-12(16(21)22)19(14)15/h1-5,12-13,15H,6-10H2,(H,18,23)(H,21,22). The van der Waals surface area contributed by atoms with Gasteiger partial charge in [-0.15, -0.1) is 11.8 Å². The molecule has 0 aliphatic carbocycles. The molecule has 3 rings (SSSR count). The van der Waals surface area contributed by atoms with Crippen molar-refractivity contribution >= 4 is 29.7 Å². The maximum absolute atomic E-state index is 12.4. The van der Waals surface area contributed by atoms with Crippen molar-refractivity contribution in [3.05, 3.63) is 35.9 Å². The van der Waals surface area contributed by atoms with Gasteiger partial charge in [0, 0.05) is 6.42 Å². The van der Waals surface area contributed by atoms with Gasteiger partial charge in [-0.3, -0.25) is 4.79 Å². The highest BCUT2D eigenvalue weighted by Crippen LogP contribution is 2.32. The number of alkyl carbamates (subject to hydrolysis) is 1. The summed E-state index contributed by atoms with van der Waals surface area (Å²) in [5.41, 5.74) is 0.877. The van der Waals surface area contributed by atoms with Crippen molar-refractivity contribution in [1.82, 2.24) is 10.2 Å². The molecule has 3 atom stereocenters. The van der Waals surface area contributed by atoms with E-state index in [4.69, 9.17) is 9.47 Å². The SMILES string of the molecule is O=C(NC1CCC(=O)N2C(COCC2C(=O)O)S1)OCc1ccccc1. The van der Waals surface area contributed by atoms with Crippen LogP contribution in [0.4, 0.5) is 4.79 Å². The number of thioether (sulfide) groups is 1. The van der Waals surface area contributed by atoms with Gasteiger partial charge in [-0.25, -0.2) is 9.59 Å². The monoisotopic (exact) mass is 380 g/mol. The summed E-state index contributed by atoms with van der Waals surface area (Å²) in [5.74, 6) is -1.32. The molecule has 2 saturated heterocycles. The van der Waals surface area contributed by atoms with Crippen LogP contribution in [0.2, 0.25) is 0 Å². The predicted octanol–water partition coefficient (Wildman–Crippen LogP) is 1.40. The van der Waals surface area contributed by atoms with E-state index in [-0.39, 0.29) is 37.5 Å². The zero-order valence-corrected chi connectivity index (χ0v) is 14.8. The third-order valence-corrected chi connectivity index (χ3v) is 5.55. The van der Waals surface area contributed by atoms with E-state index in [0.29, 0.717) is 6.42 Å². The van der Waals surface area contributed by atoms with Gasteiger partial charge in [-0.1, -0.05) is 30.3 Å². The first-order valence-corrected chi connectivity index (χ1v) is 9.23. The van der Waals surface area contributed by atoms with Crippen molar-refractivity contribution in [2.75, 3.05) is 13.2 Å². The lowest BCUT2D eigenvalue weighted by Crippen LogP contribution is -2.56. The van der Waals surface area contributed by atoms with Crippen LogP contribution in [0, 0.1) is 0 Å². The number of fused-ring (bicyclic) bond motifs is 1. The quantitative estimate of drug-likeness (QED) is 0.813. The van der Waals surface area contributed by atoms with Gasteiger partial charge in [0.15, 0.2) is 6.04 Å². The van der Waals surface area contributed by atoms with E-state index < -0.39 is 23.5 Å².